The van der Waals surface area contributed by atoms with Crippen molar-refractivity contribution in [3.63, 3.8) is 0 Å². The van der Waals surface area contributed by atoms with Gasteiger partial charge in [-0.25, -0.2) is 0 Å². The number of pyridine rings is 1. The lowest BCUT2D eigenvalue weighted by Crippen LogP contribution is -2.21. The standard InChI is InChI=1S/C13H16N2.ClH/c1-2-11(14)9-10-5-3-7-13-12(10)6-4-8-15-13;/h3-8,11H,2,9,14H2,1H3;1H. The second-order valence-electron chi connectivity index (χ2n) is 3.86. The smallest absolute Gasteiger partial charge is 0.0704 e. The van der Waals surface area contributed by atoms with E-state index in [1.807, 2.05) is 24.4 Å². The predicted molar refractivity (Wildman–Crippen MR) is 71.0 cm³/mol. The van der Waals surface area contributed by atoms with Gasteiger partial charge >= 0.3 is 0 Å². The lowest BCUT2D eigenvalue weighted by atomic mass is 10.0. The highest BCUT2D eigenvalue weighted by molar-refractivity contribution is 5.85. The molecule has 0 fully saturated rings. The SMILES string of the molecule is CCC(N)Cc1cccc2ncccc12.Cl. The number of rotatable bonds is 3. The van der Waals surface area contributed by atoms with Gasteiger partial charge in [-0.3, -0.25) is 4.98 Å². The van der Waals surface area contributed by atoms with E-state index in [-0.39, 0.29) is 18.4 Å². The highest BCUT2D eigenvalue weighted by atomic mass is 35.5. The summed E-state index contributed by atoms with van der Waals surface area (Å²) in [5, 5.41) is 1.23. The van der Waals surface area contributed by atoms with Crippen molar-refractivity contribution in [1.29, 1.82) is 0 Å². The zero-order valence-corrected chi connectivity index (χ0v) is 10.2. The van der Waals surface area contributed by atoms with Gasteiger partial charge < -0.3 is 5.73 Å². The summed E-state index contributed by atoms with van der Waals surface area (Å²) in [5.74, 6) is 0. The Kier molecular flexibility index (Phi) is 4.71. The van der Waals surface area contributed by atoms with E-state index in [4.69, 9.17) is 5.73 Å². The first-order valence-corrected chi connectivity index (χ1v) is 5.39. The van der Waals surface area contributed by atoms with Gasteiger partial charge in [0.2, 0.25) is 0 Å². The Labute approximate surface area is 102 Å². The molecule has 0 amide bonds. The molecule has 3 heteroatoms. The van der Waals surface area contributed by atoms with Gasteiger partial charge in [-0.05, 0) is 30.5 Å². The van der Waals surface area contributed by atoms with Crippen molar-refractivity contribution in [2.45, 2.75) is 25.8 Å². The van der Waals surface area contributed by atoms with Crippen LogP contribution in [0.1, 0.15) is 18.9 Å². The van der Waals surface area contributed by atoms with E-state index in [1.165, 1.54) is 10.9 Å². The van der Waals surface area contributed by atoms with Gasteiger partial charge in [0.1, 0.15) is 0 Å². The van der Waals surface area contributed by atoms with Gasteiger partial charge in [-0.1, -0.05) is 25.1 Å². The molecule has 0 spiro atoms. The zero-order valence-electron chi connectivity index (χ0n) is 9.39. The van der Waals surface area contributed by atoms with E-state index in [0.717, 1.165) is 18.4 Å². The Morgan fingerprint density at radius 1 is 1.25 bits per heavy atom. The quantitative estimate of drug-likeness (QED) is 0.890. The van der Waals surface area contributed by atoms with Crippen LogP contribution in [0, 0.1) is 0 Å². The van der Waals surface area contributed by atoms with Gasteiger partial charge in [0.25, 0.3) is 0 Å². The minimum atomic E-state index is 0. The molecule has 0 radical (unpaired) electrons. The summed E-state index contributed by atoms with van der Waals surface area (Å²) in [6, 6.07) is 10.6. The van der Waals surface area contributed by atoms with E-state index < -0.39 is 0 Å². The van der Waals surface area contributed by atoms with E-state index >= 15 is 0 Å². The van der Waals surface area contributed by atoms with Crippen molar-refractivity contribution in [2.24, 2.45) is 5.73 Å². The molecule has 1 atom stereocenters. The molecule has 1 aromatic heterocycles. The molecule has 0 bridgehead atoms. The molecule has 0 saturated heterocycles. The summed E-state index contributed by atoms with van der Waals surface area (Å²) >= 11 is 0. The maximum atomic E-state index is 5.98. The summed E-state index contributed by atoms with van der Waals surface area (Å²) in [6.45, 7) is 2.12. The molecule has 1 heterocycles. The fraction of sp³-hybridized carbons (Fsp3) is 0.308. The third-order valence-corrected chi connectivity index (χ3v) is 2.74. The molecular weight excluding hydrogens is 220 g/mol. The molecule has 86 valence electrons. The number of nitrogens with zero attached hydrogens (tertiary/aromatic N) is 1. The Hall–Kier alpha value is -1.12. The third-order valence-electron chi connectivity index (χ3n) is 2.74. The van der Waals surface area contributed by atoms with Crippen LogP contribution in [0.2, 0.25) is 0 Å². The monoisotopic (exact) mass is 236 g/mol. The zero-order chi connectivity index (χ0) is 10.7. The maximum Gasteiger partial charge on any atom is 0.0704 e. The van der Waals surface area contributed by atoms with Crippen LogP contribution in [0.5, 0.6) is 0 Å². The highest BCUT2D eigenvalue weighted by Gasteiger charge is 2.05. The lowest BCUT2D eigenvalue weighted by molar-refractivity contribution is 0.649. The minimum absolute atomic E-state index is 0. The van der Waals surface area contributed by atoms with Crippen molar-refractivity contribution >= 4 is 23.3 Å². The van der Waals surface area contributed by atoms with Crippen LogP contribution in [0.15, 0.2) is 36.5 Å². The fourth-order valence-electron chi connectivity index (χ4n) is 1.77. The van der Waals surface area contributed by atoms with Crippen molar-refractivity contribution < 1.29 is 0 Å². The normalized spacial score (nSPS) is 12.1. The average Bonchev–Trinajstić information content (AvgIpc) is 2.29. The summed E-state index contributed by atoms with van der Waals surface area (Å²) in [7, 11) is 0. The molecule has 2 nitrogen and oxygen atoms in total. The average molecular weight is 237 g/mol. The molecule has 0 saturated carbocycles. The number of hydrogen-bond acceptors (Lipinski definition) is 2. The van der Waals surface area contributed by atoms with Gasteiger partial charge in [0.15, 0.2) is 0 Å². The van der Waals surface area contributed by atoms with Gasteiger partial charge in [-0.15, -0.1) is 12.4 Å². The molecule has 2 rings (SSSR count). The molecule has 0 aliphatic heterocycles. The van der Waals surface area contributed by atoms with Crippen LogP contribution < -0.4 is 5.73 Å². The van der Waals surface area contributed by atoms with Crippen LogP contribution in [-0.2, 0) is 6.42 Å². The van der Waals surface area contributed by atoms with E-state index in [0.29, 0.717) is 0 Å². The van der Waals surface area contributed by atoms with Gasteiger partial charge in [0, 0.05) is 17.6 Å². The molecule has 2 aromatic rings. The predicted octanol–water partition coefficient (Wildman–Crippen LogP) is 2.94. The summed E-state index contributed by atoms with van der Waals surface area (Å²) in [4.78, 5) is 4.33. The number of benzene rings is 1. The van der Waals surface area contributed by atoms with Crippen molar-refractivity contribution in [3.8, 4) is 0 Å². The lowest BCUT2D eigenvalue weighted by Gasteiger charge is -2.10. The van der Waals surface area contributed by atoms with Crippen LogP contribution in [-0.4, -0.2) is 11.0 Å². The van der Waals surface area contributed by atoms with E-state index in [2.05, 4.69) is 24.0 Å². The molecule has 0 aliphatic carbocycles. The molecule has 0 aliphatic rings. The van der Waals surface area contributed by atoms with Crippen molar-refractivity contribution in [3.05, 3.63) is 42.1 Å². The van der Waals surface area contributed by atoms with Crippen LogP contribution >= 0.6 is 12.4 Å². The number of fused-ring (bicyclic) bond motifs is 1. The van der Waals surface area contributed by atoms with Crippen LogP contribution in [0.25, 0.3) is 10.9 Å². The first-order chi connectivity index (χ1) is 7.31. The highest BCUT2D eigenvalue weighted by Crippen LogP contribution is 2.17. The first-order valence-electron chi connectivity index (χ1n) is 5.39. The second-order valence-corrected chi connectivity index (χ2v) is 3.86. The number of nitrogens with two attached hydrogens (primary N) is 1. The number of hydrogen-bond donors (Lipinski definition) is 1. The topological polar surface area (TPSA) is 38.9 Å². The second kappa shape index (κ2) is 5.83. The Morgan fingerprint density at radius 3 is 2.81 bits per heavy atom. The molecule has 2 N–H and O–H groups in total. The van der Waals surface area contributed by atoms with Crippen molar-refractivity contribution in [1.82, 2.24) is 4.98 Å². The third kappa shape index (κ3) is 2.71. The molecule has 16 heavy (non-hydrogen) atoms. The summed E-state index contributed by atoms with van der Waals surface area (Å²) < 4.78 is 0. The maximum absolute atomic E-state index is 5.98. The fourth-order valence-corrected chi connectivity index (χ4v) is 1.77. The Balaban J connectivity index is 0.00000128. The van der Waals surface area contributed by atoms with Crippen molar-refractivity contribution in [2.75, 3.05) is 0 Å². The first kappa shape index (κ1) is 12.9. The van der Waals surface area contributed by atoms with Crippen LogP contribution in [0.4, 0.5) is 0 Å². The number of halogens is 1. The van der Waals surface area contributed by atoms with E-state index in [1.54, 1.807) is 0 Å². The molecular formula is C13H17ClN2. The minimum Gasteiger partial charge on any atom is -0.327 e. The van der Waals surface area contributed by atoms with E-state index in [9.17, 15) is 0 Å². The largest absolute Gasteiger partial charge is 0.327 e. The summed E-state index contributed by atoms with van der Waals surface area (Å²) in [6.07, 6.45) is 3.77. The Bertz CT molecular complexity index is 451. The van der Waals surface area contributed by atoms with Gasteiger partial charge in [-0.2, -0.15) is 0 Å². The number of aromatic nitrogens is 1. The molecule has 1 unspecified atom stereocenters. The Morgan fingerprint density at radius 2 is 2.06 bits per heavy atom. The molecule has 1 aromatic carbocycles. The van der Waals surface area contributed by atoms with Gasteiger partial charge in [0.05, 0.1) is 5.52 Å². The summed E-state index contributed by atoms with van der Waals surface area (Å²) in [5.41, 5.74) is 8.33. The van der Waals surface area contributed by atoms with Crippen LogP contribution in [0.3, 0.4) is 0 Å².